The molecule has 0 spiro atoms. The number of carbonyl (C=O) groups excluding carboxylic acids is 1. The second-order valence-electron chi connectivity index (χ2n) is 6.57. The Kier molecular flexibility index (Phi) is 5.36. The number of aliphatic hydroxyl groups excluding tert-OH is 1. The summed E-state index contributed by atoms with van der Waals surface area (Å²) in [6.07, 6.45) is 0.0676. The van der Waals surface area contributed by atoms with E-state index in [4.69, 9.17) is 0 Å². The predicted molar refractivity (Wildman–Crippen MR) is 93.9 cm³/mol. The maximum Gasteiger partial charge on any atom is 0.273 e. The van der Waals surface area contributed by atoms with Gasteiger partial charge in [-0.1, -0.05) is 57.2 Å². The molecule has 0 saturated carbocycles. The summed E-state index contributed by atoms with van der Waals surface area (Å²) in [7, 11) is 0. The van der Waals surface area contributed by atoms with Crippen LogP contribution in [0, 0.1) is 0 Å². The Morgan fingerprint density at radius 3 is 2.46 bits per heavy atom. The van der Waals surface area contributed by atoms with E-state index >= 15 is 0 Å². The van der Waals surface area contributed by atoms with Gasteiger partial charge in [-0.05, 0) is 28.7 Å². The molecule has 0 unspecified atom stereocenters. The maximum atomic E-state index is 11.9. The number of phenolic OH excluding ortho intramolecular Hbond substituents is 1. The van der Waals surface area contributed by atoms with Gasteiger partial charge in [-0.15, -0.1) is 0 Å². The number of hydrazone groups is 1. The van der Waals surface area contributed by atoms with E-state index in [0.717, 1.165) is 5.56 Å². The van der Waals surface area contributed by atoms with Gasteiger partial charge in [-0.2, -0.15) is 5.10 Å². The Morgan fingerprint density at radius 2 is 1.83 bits per heavy atom. The summed E-state index contributed by atoms with van der Waals surface area (Å²) in [4.78, 5) is 11.9. The van der Waals surface area contributed by atoms with Crippen molar-refractivity contribution >= 4 is 12.1 Å². The monoisotopic (exact) mass is 326 g/mol. The molecule has 0 saturated heterocycles. The topological polar surface area (TPSA) is 81.9 Å². The molecular formula is C19H22N2O3. The fraction of sp³-hybridized carbons (Fsp3) is 0.263. The van der Waals surface area contributed by atoms with E-state index in [2.05, 4.69) is 31.3 Å². The van der Waals surface area contributed by atoms with Gasteiger partial charge in [0.15, 0.2) is 6.10 Å². The molecule has 3 N–H and O–H groups in total. The lowest BCUT2D eigenvalue weighted by Gasteiger charge is -2.19. The quantitative estimate of drug-likeness (QED) is 0.597. The number of aromatic hydroxyl groups is 1. The Labute approximate surface area is 141 Å². The molecule has 5 nitrogen and oxygen atoms in total. The van der Waals surface area contributed by atoms with Gasteiger partial charge in [0.25, 0.3) is 5.91 Å². The first-order valence-corrected chi connectivity index (χ1v) is 7.68. The van der Waals surface area contributed by atoms with Gasteiger partial charge in [0, 0.05) is 5.56 Å². The van der Waals surface area contributed by atoms with Gasteiger partial charge in [0.1, 0.15) is 5.75 Å². The first-order valence-electron chi connectivity index (χ1n) is 7.68. The smallest absolute Gasteiger partial charge is 0.273 e. The molecule has 0 heterocycles. The Hall–Kier alpha value is -2.66. The van der Waals surface area contributed by atoms with Crippen molar-refractivity contribution in [3.8, 4) is 5.75 Å². The van der Waals surface area contributed by atoms with Gasteiger partial charge < -0.3 is 10.2 Å². The molecule has 0 aromatic heterocycles. The molecule has 0 fully saturated rings. The fourth-order valence-corrected chi connectivity index (χ4v) is 2.14. The molecule has 126 valence electrons. The predicted octanol–water partition coefficient (Wildman–Crippen LogP) is 2.87. The summed E-state index contributed by atoms with van der Waals surface area (Å²) >= 11 is 0. The molecule has 0 radical (unpaired) electrons. The molecule has 24 heavy (non-hydrogen) atoms. The van der Waals surface area contributed by atoms with Gasteiger partial charge in [-0.25, -0.2) is 5.43 Å². The molecule has 2 aromatic rings. The highest BCUT2D eigenvalue weighted by Gasteiger charge is 2.17. The van der Waals surface area contributed by atoms with Crippen LogP contribution >= 0.6 is 0 Å². The number of nitrogens with zero attached hydrogens (tertiary/aromatic N) is 1. The molecule has 1 atom stereocenters. The summed E-state index contributed by atoms with van der Waals surface area (Å²) < 4.78 is 0. The van der Waals surface area contributed by atoms with Crippen LogP contribution in [0.25, 0.3) is 0 Å². The normalized spacial score (nSPS) is 13.0. The summed E-state index contributed by atoms with van der Waals surface area (Å²) in [5.41, 5.74) is 4.24. The van der Waals surface area contributed by atoms with E-state index in [9.17, 15) is 15.0 Å². The van der Waals surface area contributed by atoms with Crippen molar-refractivity contribution < 1.29 is 15.0 Å². The standard InChI is InChI=1S/C19H22N2O3/c1-19(2,3)15-9-10-16(22)14(11-15)12-20-21-18(24)17(23)13-7-5-4-6-8-13/h4-12,17,22-23H,1-3H3,(H,21,24)/b20-12-/t17-/m0/s1. The van der Waals surface area contributed by atoms with Crippen LogP contribution in [-0.2, 0) is 10.2 Å². The lowest BCUT2D eigenvalue weighted by atomic mass is 9.86. The summed E-state index contributed by atoms with van der Waals surface area (Å²) in [5.74, 6) is -0.562. The lowest BCUT2D eigenvalue weighted by Crippen LogP contribution is -2.25. The first-order chi connectivity index (χ1) is 11.3. The van der Waals surface area contributed by atoms with E-state index in [0.29, 0.717) is 11.1 Å². The Balaban J connectivity index is 2.08. The average Bonchev–Trinajstić information content (AvgIpc) is 2.55. The molecular weight excluding hydrogens is 304 g/mol. The van der Waals surface area contributed by atoms with Crippen molar-refractivity contribution in [1.29, 1.82) is 0 Å². The van der Waals surface area contributed by atoms with Crippen molar-refractivity contribution in [1.82, 2.24) is 5.43 Å². The van der Waals surface area contributed by atoms with Crippen LogP contribution in [0.4, 0.5) is 0 Å². The van der Waals surface area contributed by atoms with E-state index in [1.807, 2.05) is 12.1 Å². The third-order valence-corrected chi connectivity index (χ3v) is 3.64. The highest BCUT2D eigenvalue weighted by atomic mass is 16.3. The molecule has 2 rings (SSSR count). The largest absolute Gasteiger partial charge is 0.507 e. The summed E-state index contributed by atoms with van der Waals surface area (Å²) in [6, 6.07) is 13.9. The van der Waals surface area contributed by atoms with Gasteiger partial charge >= 0.3 is 0 Å². The molecule has 0 bridgehead atoms. The molecule has 0 aliphatic heterocycles. The van der Waals surface area contributed by atoms with Gasteiger partial charge in [-0.3, -0.25) is 4.79 Å². The number of rotatable bonds is 4. The zero-order valence-electron chi connectivity index (χ0n) is 14.0. The SMILES string of the molecule is CC(C)(C)c1ccc(O)c(/C=N\NC(=O)[C@@H](O)c2ccccc2)c1. The van der Waals surface area contributed by atoms with Crippen LogP contribution in [0.3, 0.4) is 0 Å². The minimum absolute atomic E-state index is 0.0664. The zero-order chi connectivity index (χ0) is 17.7. The van der Waals surface area contributed by atoms with Crippen LogP contribution < -0.4 is 5.43 Å². The molecule has 1 amide bonds. The van der Waals surface area contributed by atoms with Crippen LogP contribution in [0.2, 0.25) is 0 Å². The average molecular weight is 326 g/mol. The highest BCUT2D eigenvalue weighted by Crippen LogP contribution is 2.26. The minimum Gasteiger partial charge on any atom is -0.507 e. The third kappa shape index (κ3) is 4.43. The van der Waals surface area contributed by atoms with E-state index in [1.165, 1.54) is 6.21 Å². The van der Waals surface area contributed by atoms with E-state index in [1.54, 1.807) is 36.4 Å². The number of carbonyl (C=O) groups is 1. The van der Waals surface area contributed by atoms with Crippen molar-refractivity contribution in [2.24, 2.45) is 5.10 Å². The molecule has 5 heteroatoms. The fourth-order valence-electron chi connectivity index (χ4n) is 2.14. The van der Waals surface area contributed by atoms with Crippen molar-refractivity contribution in [3.63, 3.8) is 0 Å². The number of phenols is 1. The third-order valence-electron chi connectivity index (χ3n) is 3.64. The minimum atomic E-state index is -1.29. The first kappa shape index (κ1) is 17.7. The number of nitrogens with one attached hydrogen (secondary N) is 1. The maximum absolute atomic E-state index is 11.9. The summed E-state index contributed by atoms with van der Waals surface area (Å²) in [6.45, 7) is 6.20. The summed E-state index contributed by atoms with van der Waals surface area (Å²) in [5, 5.41) is 23.7. The number of hydrogen-bond acceptors (Lipinski definition) is 4. The zero-order valence-corrected chi connectivity index (χ0v) is 14.0. The van der Waals surface area contributed by atoms with Gasteiger partial charge in [0.05, 0.1) is 6.21 Å². The van der Waals surface area contributed by atoms with Crippen LogP contribution in [0.15, 0.2) is 53.6 Å². The van der Waals surface area contributed by atoms with Crippen LogP contribution in [0.5, 0.6) is 5.75 Å². The Morgan fingerprint density at radius 1 is 1.17 bits per heavy atom. The number of benzene rings is 2. The second kappa shape index (κ2) is 7.27. The number of amides is 1. The number of hydrogen-bond donors (Lipinski definition) is 3. The van der Waals surface area contributed by atoms with Gasteiger partial charge in [0.2, 0.25) is 0 Å². The van der Waals surface area contributed by atoms with Crippen molar-refractivity contribution in [2.75, 3.05) is 0 Å². The Bertz CT molecular complexity index is 734. The molecule has 0 aliphatic rings. The molecule has 2 aromatic carbocycles. The van der Waals surface area contributed by atoms with Crippen LogP contribution in [-0.4, -0.2) is 22.3 Å². The van der Waals surface area contributed by atoms with E-state index < -0.39 is 12.0 Å². The molecule has 0 aliphatic carbocycles. The lowest BCUT2D eigenvalue weighted by molar-refractivity contribution is -0.129. The van der Waals surface area contributed by atoms with Crippen LogP contribution in [0.1, 0.15) is 43.6 Å². The van der Waals surface area contributed by atoms with Crippen molar-refractivity contribution in [3.05, 3.63) is 65.2 Å². The second-order valence-corrected chi connectivity index (χ2v) is 6.57. The van der Waals surface area contributed by atoms with Crippen molar-refractivity contribution in [2.45, 2.75) is 32.3 Å². The number of aliphatic hydroxyl groups is 1. The van der Waals surface area contributed by atoms with E-state index in [-0.39, 0.29) is 11.2 Å². The highest BCUT2D eigenvalue weighted by molar-refractivity contribution is 5.86.